The van der Waals surface area contributed by atoms with Crippen molar-refractivity contribution in [3.8, 4) is 5.75 Å². The Labute approximate surface area is 94.0 Å². The summed E-state index contributed by atoms with van der Waals surface area (Å²) in [5, 5.41) is 22.3. The lowest BCUT2D eigenvalue weighted by Crippen LogP contribution is -2.06. The third-order valence-electron chi connectivity index (χ3n) is 2.19. The average Bonchev–Trinajstić information content (AvgIpc) is 2.15. The van der Waals surface area contributed by atoms with Crippen LogP contribution in [-0.2, 0) is 0 Å². The Kier molecular flexibility index (Phi) is 3.09. The Balaban J connectivity index is 3.75. The molecule has 0 saturated carbocycles. The molecule has 0 N–H and O–H groups in total. The maximum Gasteiger partial charge on any atom is 0.276 e. The van der Waals surface area contributed by atoms with Crippen LogP contribution in [0, 0.1) is 24.0 Å². The third kappa shape index (κ3) is 1.72. The summed E-state index contributed by atoms with van der Waals surface area (Å²) >= 11 is 2.95. The van der Waals surface area contributed by atoms with Crippen molar-refractivity contribution in [1.29, 1.82) is 0 Å². The predicted molar refractivity (Wildman–Crippen MR) is 55.1 cm³/mol. The number of nitrogens with zero attached hydrogens (tertiary/aromatic N) is 1. The minimum atomic E-state index is -0.595. The van der Waals surface area contributed by atoms with Crippen LogP contribution in [-0.4, -0.2) is 11.2 Å². The van der Waals surface area contributed by atoms with Gasteiger partial charge < -0.3 is 5.11 Å². The van der Waals surface area contributed by atoms with E-state index in [1.165, 1.54) is 13.8 Å². The maximum atomic E-state index is 11.5. The van der Waals surface area contributed by atoms with Crippen LogP contribution in [0.15, 0.2) is 4.47 Å². The minimum Gasteiger partial charge on any atom is -0.871 e. The van der Waals surface area contributed by atoms with Crippen LogP contribution in [0.4, 0.5) is 5.69 Å². The molecule has 0 fully saturated rings. The number of nitro benzene ring substituents is 1. The van der Waals surface area contributed by atoms with Crippen LogP contribution < -0.4 is 5.11 Å². The zero-order chi connectivity index (χ0) is 11.7. The smallest absolute Gasteiger partial charge is 0.276 e. The molecule has 15 heavy (non-hydrogen) atoms. The number of hydrogen-bond donors (Lipinski definition) is 0. The average molecular weight is 273 g/mol. The molecule has 5 nitrogen and oxygen atoms in total. The van der Waals surface area contributed by atoms with Crippen LogP contribution in [0.25, 0.3) is 0 Å². The number of nitro groups is 1. The summed E-state index contributed by atoms with van der Waals surface area (Å²) in [6, 6.07) is 0. The summed E-state index contributed by atoms with van der Waals surface area (Å²) in [7, 11) is 0. The Morgan fingerprint density at radius 2 is 1.87 bits per heavy atom. The zero-order valence-corrected chi connectivity index (χ0v) is 9.62. The largest absolute Gasteiger partial charge is 0.871 e. The zero-order valence-electron chi connectivity index (χ0n) is 8.04. The number of rotatable bonds is 2. The van der Waals surface area contributed by atoms with Gasteiger partial charge in [-0.25, -0.2) is 0 Å². The highest BCUT2D eigenvalue weighted by Gasteiger charge is 2.21. The molecule has 80 valence electrons. The van der Waals surface area contributed by atoms with Gasteiger partial charge in [0, 0.05) is 21.2 Å². The molecule has 0 aromatic heterocycles. The quantitative estimate of drug-likeness (QED) is 0.467. The Bertz CT molecular complexity index is 456. The molecule has 0 aliphatic carbocycles. The number of hydrogen-bond acceptors (Lipinski definition) is 4. The van der Waals surface area contributed by atoms with Gasteiger partial charge in [-0.2, -0.15) is 0 Å². The Morgan fingerprint density at radius 3 is 2.27 bits per heavy atom. The van der Waals surface area contributed by atoms with Crippen molar-refractivity contribution in [2.24, 2.45) is 0 Å². The highest BCUT2D eigenvalue weighted by Crippen LogP contribution is 2.37. The fourth-order valence-corrected chi connectivity index (χ4v) is 1.79. The first kappa shape index (κ1) is 11.6. The van der Waals surface area contributed by atoms with Gasteiger partial charge in [0.05, 0.1) is 4.92 Å². The van der Waals surface area contributed by atoms with Crippen molar-refractivity contribution < 1.29 is 14.8 Å². The number of carbonyl (C=O) groups is 1. The normalized spacial score (nSPS) is 10.1. The van der Waals surface area contributed by atoms with Crippen molar-refractivity contribution in [2.75, 3.05) is 0 Å². The van der Waals surface area contributed by atoms with Crippen molar-refractivity contribution in [3.05, 3.63) is 31.3 Å². The summed E-state index contributed by atoms with van der Waals surface area (Å²) in [6.45, 7) is 2.86. The van der Waals surface area contributed by atoms with E-state index in [-0.39, 0.29) is 26.9 Å². The second-order valence-corrected chi connectivity index (χ2v) is 3.82. The van der Waals surface area contributed by atoms with E-state index in [1.807, 2.05) is 0 Å². The van der Waals surface area contributed by atoms with E-state index in [1.54, 1.807) is 0 Å². The van der Waals surface area contributed by atoms with E-state index in [0.717, 1.165) is 0 Å². The molecular formula is C9H7BrNO4-. The summed E-state index contributed by atoms with van der Waals surface area (Å²) in [4.78, 5) is 20.8. The van der Waals surface area contributed by atoms with E-state index >= 15 is 0 Å². The molecule has 1 rings (SSSR count). The van der Waals surface area contributed by atoms with Gasteiger partial charge in [0.2, 0.25) is 0 Å². The third-order valence-corrected chi connectivity index (χ3v) is 3.14. The van der Waals surface area contributed by atoms with Crippen LogP contribution >= 0.6 is 15.9 Å². The highest BCUT2D eigenvalue weighted by molar-refractivity contribution is 9.10. The molecule has 0 aliphatic heterocycles. The summed E-state index contributed by atoms with van der Waals surface area (Å²) in [5.41, 5.74) is -0.00319. The van der Waals surface area contributed by atoms with Gasteiger partial charge in [-0.15, -0.1) is 0 Å². The molecule has 0 radical (unpaired) electrons. The molecule has 0 spiro atoms. The van der Waals surface area contributed by atoms with Crippen molar-refractivity contribution in [1.82, 2.24) is 0 Å². The minimum absolute atomic E-state index is 0.0712. The number of aldehydes is 1. The number of benzene rings is 1. The van der Waals surface area contributed by atoms with Gasteiger partial charge in [-0.05, 0) is 13.8 Å². The molecule has 1 aromatic rings. The summed E-state index contributed by atoms with van der Waals surface area (Å²) < 4.78 is 0.0712. The van der Waals surface area contributed by atoms with Crippen LogP contribution in [0.5, 0.6) is 5.75 Å². The van der Waals surface area contributed by atoms with Crippen LogP contribution in [0.2, 0.25) is 0 Å². The second kappa shape index (κ2) is 3.98. The molecule has 0 atom stereocenters. The molecule has 1 aromatic carbocycles. The summed E-state index contributed by atoms with van der Waals surface area (Å²) in [5.74, 6) is -0.509. The molecule has 0 amide bonds. The predicted octanol–water partition coefficient (Wildman–Crippen LogP) is 1.86. The van der Waals surface area contributed by atoms with Gasteiger partial charge in [0.1, 0.15) is 6.29 Å². The van der Waals surface area contributed by atoms with E-state index < -0.39 is 10.7 Å². The van der Waals surface area contributed by atoms with E-state index in [2.05, 4.69) is 15.9 Å². The van der Waals surface area contributed by atoms with Crippen LogP contribution in [0.1, 0.15) is 21.5 Å². The lowest BCUT2D eigenvalue weighted by Gasteiger charge is -2.16. The van der Waals surface area contributed by atoms with Crippen molar-refractivity contribution >= 4 is 27.9 Å². The number of halogens is 1. The Morgan fingerprint density at radius 1 is 1.33 bits per heavy atom. The van der Waals surface area contributed by atoms with E-state index in [0.29, 0.717) is 6.29 Å². The van der Waals surface area contributed by atoms with Gasteiger partial charge in [0.25, 0.3) is 5.69 Å². The van der Waals surface area contributed by atoms with Crippen LogP contribution in [0.3, 0.4) is 0 Å². The maximum absolute atomic E-state index is 11.5. The fourth-order valence-electron chi connectivity index (χ4n) is 1.39. The second-order valence-electron chi connectivity index (χ2n) is 3.03. The lowest BCUT2D eigenvalue weighted by atomic mass is 10.0. The first-order valence-electron chi connectivity index (χ1n) is 4.01. The van der Waals surface area contributed by atoms with E-state index in [9.17, 15) is 20.0 Å². The molecule has 0 heterocycles. The molecule has 0 saturated heterocycles. The number of carbonyl (C=O) groups excluding carboxylic acids is 1. The lowest BCUT2D eigenvalue weighted by molar-refractivity contribution is -0.386. The highest BCUT2D eigenvalue weighted by atomic mass is 79.9. The molecular weight excluding hydrogens is 266 g/mol. The molecule has 0 aliphatic rings. The van der Waals surface area contributed by atoms with Gasteiger partial charge >= 0.3 is 0 Å². The Hall–Kier alpha value is -1.43. The fraction of sp³-hybridized carbons (Fsp3) is 0.222. The van der Waals surface area contributed by atoms with Gasteiger partial charge in [-0.1, -0.05) is 21.7 Å². The van der Waals surface area contributed by atoms with E-state index in [4.69, 9.17) is 0 Å². The van der Waals surface area contributed by atoms with Gasteiger partial charge in [0.15, 0.2) is 0 Å². The molecule has 0 bridgehead atoms. The van der Waals surface area contributed by atoms with Crippen molar-refractivity contribution in [3.63, 3.8) is 0 Å². The first-order valence-corrected chi connectivity index (χ1v) is 4.80. The molecule has 6 heteroatoms. The monoisotopic (exact) mass is 272 g/mol. The first-order chi connectivity index (χ1) is 6.91. The van der Waals surface area contributed by atoms with Crippen molar-refractivity contribution in [2.45, 2.75) is 13.8 Å². The standard InChI is InChI=1S/C9H8BrNO4/c1-4-6(3-12)9(13)7(10)5(2)8(4)11(14)15/h3,13H,1-2H3/p-1. The SMILES string of the molecule is Cc1c(Br)c([O-])c(C=O)c(C)c1[N+](=O)[O-]. The van der Waals surface area contributed by atoms with Gasteiger partial charge in [-0.3, -0.25) is 14.9 Å². The molecule has 0 unspecified atom stereocenters. The summed E-state index contributed by atoms with van der Waals surface area (Å²) in [6.07, 6.45) is 0.342. The topological polar surface area (TPSA) is 83.3 Å².